The Hall–Kier alpha value is -0.120. The van der Waals surface area contributed by atoms with Gasteiger partial charge in [0.1, 0.15) is 0 Å². The minimum atomic E-state index is 0.0764. The van der Waals surface area contributed by atoms with Crippen molar-refractivity contribution in [2.75, 3.05) is 32.8 Å². The molecule has 0 aliphatic carbocycles. The van der Waals surface area contributed by atoms with Crippen LogP contribution in [0, 0.1) is 5.92 Å². The Morgan fingerprint density at radius 1 is 1.36 bits per heavy atom. The number of piperidine rings is 1. The van der Waals surface area contributed by atoms with E-state index in [1.165, 1.54) is 0 Å². The molecule has 0 spiro atoms. The van der Waals surface area contributed by atoms with Crippen LogP contribution in [-0.4, -0.2) is 42.9 Å². The normalized spacial score (nSPS) is 22.4. The van der Waals surface area contributed by atoms with Crippen molar-refractivity contribution in [2.45, 2.75) is 12.8 Å². The molecule has 3 nitrogen and oxygen atoms in total. The Balaban J connectivity index is 2.14. The van der Waals surface area contributed by atoms with Gasteiger partial charge in [-0.25, -0.2) is 5.11 Å². The molecule has 0 aromatic heterocycles. The zero-order chi connectivity index (χ0) is 8.10. The van der Waals surface area contributed by atoms with Crippen LogP contribution in [0.2, 0.25) is 0 Å². The lowest BCUT2D eigenvalue weighted by molar-refractivity contribution is 0.0837. The van der Waals surface area contributed by atoms with E-state index in [0.29, 0.717) is 5.92 Å². The summed E-state index contributed by atoms with van der Waals surface area (Å²) in [5.74, 6) is 0.393. The highest BCUT2D eigenvalue weighted by Crippen LogP contribution is 2.15. The molecule has 3 heteroatoms. The fraction of sp³-hybridized carbons (Fsp3) is 1.00. The summed E-state index contributed by atoms with van der Waals surface area (Å²) in [7, 11) is 0. The molecule has 0 unspecified atom stereocenters. The number of rotatable bonds is 3. The number of aliphatic hydroxyl groups excluding tert-OH is 1. The number of β-amino-alcohol motifs (C(OH)–C–C–N with tert-alkyl or cyclic N) is 1. The van der Waals surface area contributed by atoms with Gasteiger partial charge in [0.25, 0.3) is 0 Å². The van der Waals surface area contributed by atoms with E-state index >= 15 is 0 Å². The molecule has 0 aromatic rings. The minimum absolute atomic E-state index is 0.0764. The molecule has 65 valence electrons. The van der Waals surface area contributed by atoms with Crippen LogP contribution in [0.4, 0.5) is 0 Å². The van der Waals surface area contributed by atoms with E-state index in [4.69, 9.17) is 5.11 Å². The van der Waals surface area contributed by atoms with Gasteiger partial charge in [0.2, 0.25) is 0 Å². The van der Waals surface area contributed by atoms with Gasteiger partial charge in [0.15, 0.2) is 0 Å². The van der Waals surface area contributed by atoms with Crippen LogP contribution in [0.5, 0.6) is 0 Å². The summed E-state index contributed by atoms with van der Waals surface area (Å²) >= 11 is 0. The molecule has 1 aliphatic rings. The standard InChI is InChI=1S/C8H16NO2/c10-6-5-9-3-1-8(7-11)2-4-9/h8,10H,1-7H2. The van der Waals surface area contributed by atoms with E-state index in [0.717, 1.165) is 32.5 Å². The van der Waals surface area contributed by atoms with Gasteiger partial charge in [-0.05, 0) is 31.8 Å². The van der Waals surface area contributed by atoms with E-state index < -0.39 is 0 Å². The summed E-state index contributed by atoms with van der Waals surface area (Å²) in [6.07, 6.45) is 2.03. The van der Waals surface area contributed by atoms with Gasteiger partial charge in [-0.2, -0.15) is 0 Å². The van der Waals surface area contributed by atoms with Gasteiger partial charge in [-0.3, -0.25) is 0 Å². The Morgan fingerprint density at radius 2 is 2.00 bits per heavy atom. The molecule has 1 rings (SSSR count). The highest BCUT2D eigenvalue weighted by molar-refractivity contribution is 4.70. The number of nitrogens with zero attached hydrogens (tertiary/aromatic N) is 1. The molecular weight excluding hydrogens is 142 g/mol. The number of likely N-dealkylation sites (tertiary alicyclic amines) is 1. The molecule has 0 atom stereocenters. The van der Waals surface area contributed by atoms with E-state index in [-0.39, 0.29) is 13.2 Å². The molecule has 0 amide bonds. The van der Waals surface area contributed by atoms with Crippen molar-refractivity contribution in [2.24, 2.45) is 5.92 Å². The maximum Gasteiger partial charge on any atom is 0.0851 e. The lowest BCUT2D eigenvalue weighted by Gasteiger charge is -2.29. The lowest BCUT2D eigenvalue weighted by atomic mass is 9.98. The predicted molar refractivity (Wildman–Crippen MR) is 41.8 cm³/mol. The molecule has 1 heterocycles. The topological polar surface area (TPSA) is 43.4 Å². The lowest BCUT2D eigenvalue weighted by Crippen LogP contribution is -2.36. The summed E-state index contributed by atoms with van der Waals surface area (Å²) in [5, 5.41) is 19.1. The Kier molecular flexibility index (Phi) is 3.83. The maximum atomic E-state index is 10.5. The van der Waals surface area contributed by atoms with Gasteiger partial charge >= 0.3 is 0 Å². The highest BCUT2D eigenvalue weighted by atomic mass is 16.3. The smallest absolute Gasteiger partial charge is 0.0851 e. The third kappa shape index (κ3) is 2.77. The second-order valence-corrected chi connectivity index (χ2v) is 3.18. The summed E-state index contributed by atoms with van der Waals surface area (Å²) < 4.78 is 0. The van der Waals surface area contributed by atoms with Crippen LogP contribution in [0.15, 0.2) is 0 Å². The van der Waals surface area contributed by atoms with Gasteiger partial charge in [0, 0.05) is 6.54 Å². The van der Waals surface area contributed by atoms with Crippen LogP contribution < -0.4 is 0 Å². The predicted octanol–water partition coefficient (Wildman–Crippen LogP) is 0.121. The fourth-order valence-corrected chi connectivity index (χ4v) is 1.52. The molecule has 0 bridgehead atoms. The first-order valence-electron chi connectivity index (χ1n) is 4.28. The Morgan fingerprint density at radius 3 is 2.45 bits per heavy atom. The molecular formula is C8H16NO2. The van der Waals surface area contributed by atoms with E-state index in [1.54, 1.807) is 0 Å². The first kappa shape index (κ1) is 8.97. The highest BCUT2D eigenvalue weighted by Gasteiger charge is 2.17. The number of hydrogen-bond donors (Lipinski definition) is 1. The van der Waals surface area contributed by atoms with Gasteiger partial charge < -0.3 is 10.0 Å². The first-order valence-corrected chi connectivity index (χ1v) is 4.28. The zero-order valence-corrected chi connectivity index (χ0v) is 6.83. The Labute approximate surface area is 67.6 Å². The van der Waals surface area contributed by atoms with Crippen LogP contribution >= 0.6 is 0 Å². The molecule has 0 saturated carbocycles. The van der Waals surface area contributed by atoms with Crippen molar-refractivity contribution in [1.29, 1.82) is 0 Å². The maximum absolute atomic E-state index is 10.5. The number of aliphatic hydroxyl groups is 1. The third-order valence-electron chi connectivity index (χ3n) is 2.36. The van der Waals surface area contributed by atoms with E-state index in [2.05, 4.69) is 4.90 Å². The van der Waals surface area contributed by atoms with Gasteiger partial charge in [-0.1, -0.05) is 0 Å². The minimum Gasteiger partial charge on any atom is -0.395 e. The molecule has 1 saturated heterocycles. The fourth-order valence-electron chi connectivity index (χ4n) is 1.52. The molecule has 1 N–H and O–H groups in total. The average molecular weight is 158 g/mol. The second-order valence-electron chi connectivity index (χ2n) is 3.18. The van der Waals surface area contributed by atoms with Crippen molar-refractivity contribution in [3.63, 3.8) is 0 Å². The van der Waals surface area contributed by atoms with Crippen molar-refractivity contribution >= 4 is 0 Å². The van der Waals surface area contributed by atoms with E-state index in [1.807, 2.05) is 0 Å². The van der Waals surface area contributed by atoms with Gasteiger partial charge in [0.05, 0.1) is 13.2 Å². The summed E-state index contributed by atoms with van der Waals surface area (Å²) in [6.45, 7) is 3.07. The monoisotopic (exact) mass is 158 g/mol. The SMILES string of the molecule is [O]CC1CCN(CCO)CC1. The quantitative estimate of drug-likeness (QED) is 0.634. The largest absolute Gasteiger partial charge is 0.395 e. The summed E-state index contributed by atoms with van der Waals surface area (Å²) in [5.41, 5.74) is 0. The summed E-state index contributed by atoms with van der Waals surface area (Å²) in [4.78, 5) is 2.21. The van der Waals surface area contributed by atoms with Crippen LogP contribution in [0.3, 0.4) is 0 Å². The van der Waals surface area contributed by atoms with Crippen molar-refractivity contribution < 1.29 is 10.2 Å². The second kappa shape index (κ2) is 4.70. The third-order valence-corrected chi connectivity index (χ3v) is 2.36. The van der Waals surface area contributed by atoms with E-state index in [9.17, 15) is 5.11 Å². The van der Waals surface area contributed by atoms with Crippen molar-refractivity contribution in [3.05, 3.63) is 0 Å². The molecule has 1 aliphatic heterocycles. The average Bonchev–Trinajstić information content (AvgIpc) is 2.07. The molecule has 0 aromatic carbocycles. The van der Waals surface area contributed by atoms with Crippen LogP contribution in [0.25, 0.3) is 0 Å². The molecule has 11 heavy (non-hydrogen) atoms. The van der Waals surface area contributed by atoms with Crippen molar-refractivity contribution in [1.82, 2.24) is 4.90 Å². The first-order chi connectivity index (χ1) is 5.36. The van der Waals surface area contributed by atoms with Crippen LogP contribution in [0.1, 0.15) is 12.8 Å². The Bertz CT molecular complexity index is 100. The van der Waals surface area contributed by atoms with Crippen LogP contribution in [-0.2, 0) is 5.11 Å². The summed E-state index contributed by atoms with van der Waals surface area (Å²) in [6, 6.07) is 0. The van der Waals surface area contributed by atoms with Crippen molar-refractivity contribution in [3.8, 4) is 0 Å². The molecule has 1 radical (unpaired) electrons. The molecule has 1 fully saturated rings. The number of hydrogen-bond acceptors (Lipinski definition) is 2. The zero-order valence-electron chi connectivity index (χ0n) is 6.83. The van der Waals surface area contributed by atoms with Gasteiger partial charge in [-0.15, -0.1) is 0 Å².